The summed E-state index contributed by atoms with van der Waals surface area (Å²) in [5.41, 5.74) is 0.216. The van der Waals surface area contributed by atoms with Crippen LogP contribution in [-0.4, -0.2) is 27.3 Å². The smallest absolute Gasteiger partial charge is 0.359 e. The van der Waals surface area contributed by atoms with Crippen molar-refractivity contribution < 1.29 is 23.4 Å². The van der Waals surface area contributed by atoms with Gasteiger partial charge in [-0.3, -0.25) is 4.79 Å². The molecule has 2 heterocycles. The number of thiazole rings is 1. The summed E-state index contributed by atoms with van der Waals surface area (Å²) in [7, 11) is 0. The van der Waals surface area contributed by atoms with Crippen LogP contribution in [0.5, 0.6) is 11.5 Å². The predicted molar refractivity (Wildman–Crippen MR) is 122 cm³/mol. The number of hydrogen-bond donors (Lipinski definition) is 0. The van der Waals surface area contributed by atoms with Crippen molar-refractivity contribution in [1.29, 1.82) is 0 Å². The lowest BCUT2D eigenvalue weighted by Gasteiger charge is -2.08. The van der Waals surface area contributed by atoms with Gasteiger partial charge in [0, 0.05) is 11.4 Å². The Kier molecular flexibility index (Phi) is 7.61. The number of carbonyl (C=O) groups is 1. The van der Waals surface area contributed by atoms with E-state index in [0.717, 1.165) is 4.68 Å². The Morgan fingerprint density at radius 2 is 1.71 bits per heavy atom. The van der Waals surface area contributed by atoms with E-state index in [4.69, 9.17) is 14.2 Å². The first-order chi connectivity index (χ1) is 16.6. The van der Waals surface area contributed by atoms with Crippen molar-refractivity contribution in [3.63, 3.8) is 0 Å². The number of ether oxygens (including phenoxy) is 3. The molecular formula is C24H20FN3O5S. The van der Waals surface area contributed by atoms with Crippen molar-refractivity contribution in [2.45, 2.75) is 19.8 Å². The van der Waals surface area contributed by atoms with Crippen molar-refractivity contribution in [3.05, 3.63) is 105 Å². The second-order valence-electron chi connectivity index (χ2n) is 6.99. The van der Waals surface area contributed by atoms with Gasteiger partial charge < -0.3 is 14.2 Å². The molecule has 0 aliphatic carbocycles. The molecule has 10 heteroatoms. The molecule has 0 amide bonds. The van der Waals surface area contributed by atoms with Gasteiger partial charge in [-0.25, -0.2) is 18.9 Å². The average Bonchev–Trinajstić information content (AvgIpc) is 3.32. The summed E-state index contributed by atoms with van der Waals surface area (Å²) >= 11 is 1.35. The first-order valence-corrected chi connectivity index (χ1v) is 11.2. The number of benzene rings is 2. The number of hydrogen-bond acceptors (Lipinski definition) is 8. The molecule has 0 radical (unpaired) electrons. The van der Waals surface area contributed by atoms with Gasteiger partial charge in [0.15, 0.2) is 5.69 Å². The fourth-order valence-corrected chi connectivity index (χ4v) is 3.55. The van der Waals surface area contributed by atoms with Crippen LogP contribution in [0.3, 0.4) is 0 Å². The second-order valence-corrected chi connectivity index (χ2v) is 7.94. The van der Waals surface area contributed by atoms with Crippen LogP contribution in [0, 0.1) is 5.82 Å². The van der Waals surface area contributed by atoms with Crippen LogP contribution in [-0.2, 0) is 24.5 Å². The summed E-state index contributed by atoms with van der Waals surface area (Å²) in [5, 5.41) is 6.51. The number of halogens is 1. The molecule has 0 atom stereocenters. The molecule has 4 rings (SSSR count). The minimum Gasteiger partial charge on any atom is -0.492 e. The molecule has 0 bridgehead atoms. The molecule has 0 fully saturated rings. The molecule has 0 aliphatic heterocycles. The molecule has 0 unspecified atom stereocenters. The van der Waals surface area contributed by atoms with Crippen molar-refractivity contribution >= 4 is 17.3 Å². The maximum Gasteiger partial charge on any atom is 0.359 e. The molecule has 8 nitrogen and oxygen atoms in total. The van der Waals surface area contributed by atoms with E-state index in [1.165, 1.54) is 47.7 Å². The molecule has 174 valence electrons. The SMILES string of the molecule is O=C(OCc1csc(COc2ccc(F)cc2)n1)c1ccc(=O)n(CCOc2ccccc2)n1. The molecular weight excluding hydrogens is 461 g/mol. The molecule has 0 spiro atoms. The van der Waals surface area contributed by atoms with Crippen LogP contribution in [0.25, 0.3) is 0 Å². The Labute approximate surface area is 198 Å². The lowest BCUT2D eigenvalue weighted by atomic mass is 10.3. The number of carbonyl (C=O) groups excluding carboxylic acids is 1. The fraction of sp³-hybridized carbons (Fsp3) is 0.167. The van der Waals surface area contributed by atoms with Crippen LogP contribution < -0.4 is 15.0 Å². The Hall–Kier alpha value is -4.05. The van der Waals surface area contributed by atoms with E-state index in [1.54, 1.807) is 5.38 Å². The van der Waals surface area contributed by atoms with Crippen LogP contribution >= 0.6 is 11.3 Å². The summed E-state index contributed by atoms with van der Waals surface area (Å²) in [4.78, 5) is 28.8. The zero-order valence-corrected chi connectivity index (χ0v) is 18.7. The van der Waals surface area contributed by atoms with Gasteiger partial charge in [0.2, 0.25) is 0 Å². The van der Waals surface area contributed by atoms with Crippen LogP contribution in [0.1, 0.15) is 21.2 Å². The zero-order valence-electron chi connectivity index (χ0n) is 17.9. The summed E-state index contributed by atoms with van der Waals surface area (Å²) in [6, 6.07) is 17.5. The molecule has 0 aliphatic rings. The quantitative estimate of drug-likeness (QED) is 0.318. The first-order valence-electron chi connectivity index (χ1n) is 10.3. The van der Waals surface area contributed by atoms with Crippen molar-refractivity contribution in [1.82, 2.24) is 14.8 Å². The number of nitrogens with zero attached hydrogens (tertiary/aromatic N) is 3. The highest BCUT2D eigenvalue weighted by Crippen LogP contribution is 2.16. The molecule has 4 aromatic rings. The van der Waals surface area contributed by atoms with E-state index in [9.17, 15) is 14.0 Å². The van der Waals surface area contributed by atoms with Gasteiger partial charge in [-0.05, 0) is 42.5 Å². The van der Waals surface area contributed by atoms with E-state index >= 15 is 0 Å². The third-order valence-corrected chi connectivity index (χ3v) is 5.39. The predicted octanol–water partition coefficient (Wildman–Crippen LogP) is 3.85. The monoisotopic (exact) mass is 481 g/mol. The number of aromatic nitrogens is 3. The maximum absolute atomic E-state index is 13.0. The summed E-state index contributed by atoms with van der Waals surface area (Å²) in [5.74, 6) is 0.197. The molecule has 0 saturated heterocycles. The number of para-hydroxylation sites is 1. The Balaban J connectivity index is 1.27. The molecule has 34 heavy (non-hydrogen) atoms. The molecule has 2 aromatic heterocycles. The minimum absolute atomic E-state index is 0.00871. The van der Waals surface area contributed by atoms with Crippen molar-refractivity contribution in [2.24, 2.45) is 0 Å². The van der Waals surface area contributed by atoms with Gasteiger partial charge in [-0.15, -0.1) is 11.3 Å². The van der Waals surface area contributed by atoms with E-state index < -0.39 is 5.97 Å². The van der Waals surface area contributed by atoms with Crippen LogP contribution in [0.15, 0.2) is 76.9 Å². The topological polar surface area (TPSA) is 92.5 Å². The molecule has 0 saturated carbocycles. The van der Waals surface area contributed by atoms with Gasteiger partial charge in [0.1, 0.15) is 42.1 Å². The lowest BCUT2D eigenvalue weighted by Crippen LogP contribution is -2.27. The molecule has 2 aromatic carbocycles. The number of esters is 1. The minimum atomic E-state index is -0.671. The van der Waals surface area contributed by atoms with Crippen LogP contribution in [0.4, 0.5) is 4.39 Å². The highest BCUT2D eigenvalue weighted by Gasteiger charge is 2.13. The van der Waals surface area contributed by atoms with Gasteiger partial charge in [0.05, 0.1) is 12.2 Å². The zero-order chi connectivity index (χ0) is 23.8. The summed E-state index contributed by atoms with van der Waals surface area (Å²) < 4.78 is 30.5. The normalized spacial score (nSPS) is 10.6. The highest BCUT2D eigenvalue weighted by atomic mass is 32.1. The van der Waals surface area contributed by atoms with Gasteiger partial charge in [-0.2, -0.15) is 5.10 Å². The third kappa shape index (κ3) is 6.48. The van der Waals surface area contributed by atoms with Crippen molar-refractivity contribution in [3.8, 4) is 11.5 Å². The Morgan fingerprint density at radius 1 is 0.941 bits per heavy atom. The van der Waals surface area contributed by atoms with Gasteiger partial charge in [-0.1, -0.05) is 18.2 Å². The first kappa shape index (κ1) is 23.1. The fourth-order valence-electron chi connectivity index (χ4n) is 2.86. The lowest BCUT2D eigenvalue weighted by molar-refractivity contribution is 0.0457. The number of rotatable bonds is 10. The van der Waals surface area contributed by atoms with Gasteiger partial charge >= 0.3 is 5.97 Å². The second kappa shape index (κ2) is 11.2. The van der Waals surface area contributed by atoms with Crippen molar-refractivity contribution in [2.75, 3.05) is 6.61 Å². The largest absolute Gasteiger partial charge is 0.492 e. The van der Waals surface area contributed by atoms with E-state index in [1.807, 2.05) is 30.3 Å². The third-order valence-electron chi connectivity index (χ3n) is 4.52. The standard InChI is InChI=1S/C24H20FN3O5S/c25-17-6-8-20(9-7-17)32-15-22-26-18(16-34-22)14-33-24(30)21-10-11-23(29)28(27-21)12-13-31-19-4-2-1-3-5-19/h1-11,16H,12-15H2. The highest BCUT2D eigenvalue weighted by molar-refractivity contribution is 7.09. The summed E-state index contributed by atoms with van der Waals surface area (Å²) in [6.07, 6.45) is 0. The Morgan fingerprint density at radius 3 is 2.50 bits per heavy atom. The van der Waals surface area contributed by atoms with E-state index in [-0.39, 0.29) is 43.4 Å². The Bertz CT molecular complexity index is 1290. The molecule has 0 N–H and O–H groups in total. The van der Waals surface area contributed by atoms with E-state index in [2.05, 4.69) is 10.1 Å². The van der Waals surface area contributed by atoms with Crippen LogP contribution in [0.2, 0.25) is 0 Å². The maximum atomic E-state index is 13.0. The van der Waals surface area contributed by atoms with Gasteiger partial charge in [0.25, 0.3) is 5.56 Å². The average molecular weight is 482 g/mol. The summed E-state index contributed by atoms with van der Waals surface area (Å²) in [6.45, 7) is 0.557. The van der Waals surface area contributed by atoms with E-state index in [0.29, 0.717) is 22.2 Å².